The highest BCUT2D eigenvalue weighted by Crippen LogP contribution is 2.22. The zero-order chi connectivity index (χ0) is 15.4. The Morgan fingerprint density at radius 3 is 2.10 bits per heavy atom. The minimum absolute atomic E-state index is 0.0345. The Bertz CT molecular complexity index is 429. The molecule has 0 heterocycles. The van der Waals surface area contributed by atoms with Gasteiger partial charge >= 0.3 is 0 Å². The molecular weight excluding hydrogens is 262 g/mol. The summed E-state index contributed by atoms with van der Waals surface area (Å²) in [5, 5.41) is 2.01. The highest BCUT2D eigenvalue weighted by atomic mass is 28.4. The second-order valence-electron chi connectivity index (χ2n) is 7.24. The maximum absolute atomic E-state index is 6.17. The summed E-state index contributed by atoms with van der Waals surface area (Å²) in [7, 11) is -1.61. The number of nitrogens with zero attached hydrogens (tertiary/aromatic N) is 1. The molecule has 1 rings (SSSR count). The first-order valence-corrected chi connectivity index (χ1v) is 10.7. The molecule has 0 spiro atoms. The van der Waals surface area contributed by atoms with Gasteiger partial charge in [0.2, 0.25) is 8.32 Å². The van der Waals surface area contributed by atoms with E-state index in [-0.39, 0.29) is 5.54 Å². The first-order chi connectivity index (χ1) is 9.09. The highest BCUT2D eigenvalue weighted by Gasteiger charge is 2.26. The SMILES string of the molecule is C[C@H](/C=C/N(O[Si](C)(C)C)C(C)(C)C)c1ccccc1. The van der Waals surface area contributed by atoms with Crippen LogP contribution < -0.4 is 0 Å². The summed E-state index contributed by atoms with van der Waals surface area (Å²) in [6.07, 6.45) is 4.30. The van der Waals surface area contributed by atoms with Crippen molar-refractivity contribution in [1.82, 2.24) is 5.06 Å². The van der Waals surface area contributed by atoms with Gasteiger partial charge in [0, 0.05) is 12.1 Å². The number of allylic oxidation sites excluding steroid dienone is 1. The van der Waals surface area contributed by atoms with Crippen molar-refractivity contribution in [2.45, 2.75) is 58.8 Å². The average molecular weight is 292 g/mol. The third-order valence-corrected chi connectivity index (χ3v) is 3.61. The third kappa shape index (κ3) is 5.93. The summed E-state index contributed by atoms with van der Waals surface area (Å²) in [6.45, 7) is 15.3. The van der Waals surface area contributed by atoms with Crippen LogP contribution in [0.3, 0.4) is 0 Å². The van der Waals surface area contributed by atoms with E-state index in [4.69, 9.17) is 4.53 Å². The van der Waals surface area contributed by atoms with Crippen molar-refractivity contribution < 1.29 is 4.53 Å². The van der Waals surface area contributed by atoms with Crippen molar-refractivity contribution in [3.8, 4) is 0 Å². The summed E-state index contributed by atoms with van der Waals surface area (Å²) in [5.41, 5.74) is 1.29. The molecule has 0 aliphatic heterocycles. The van der Waals surface area contributed by atoms with Crippen molar-refractivity contribution in [3.05, 3.63) is 48.2 Å². The molecule has 0 saturated carbocycles. The molecule has 0 fully saturated rings. The largest absolute Gasteiger partial charge is 0.320 e. The van der Waals surface area contributed by atoms with Crippen LogP contribution in [0.25, 0.3) is 0 Å². The van der Waals surface area contributed by atoms with Crippen molar-refractivity contribution in [3.63, 3.8) is 0 Å². The Balaban J connectivity index is 2.82. The van der Waals surface area contributed by atoms with Gasteiger partial charge in [0.15, 0.2) is 0 Å². The molecule has 0 aliphatic rings. The molecule has 0 aliphatic carbocycles. The van der Waals surface area contributed by atoms with Crippen molar-refractivity contribution >= 4 is 8.32 Å². The van der Waals surface area contributed by atoms with Crippen LogP contribution in [0.4, 0.5) is 0 Å². The van der Waals surface area contributed by atoms with Gasteiger partial charge < -0.3 is 4.53 Å². The smallest absolute Gasteiger partial charge is 0.220 e. The van der Waals surface area contributed by atoms with Gasteiger partial charge in [-0.25, -0.2) is 0 Å². The van der Waals surface area contributed by atoms with Gasteiger partial charge in [0.25, 0.3) is 0 Å². The fourth-order valence-electron chi connectivity index (χ4n) is 1.76. The van der Waals surface area contributed by atoms with E-state index in [9.17, 15) is 0 Å². The minimum atomic E-state index is -1.61. The molecule has 0 radical (unpaired) electrons. The lowest BCUT2D eigenvalue weighted by molar-refractivity contribution is -0.0886. The maximum Gasteiger partial charge on any atom is 0.220 e. The summed E-state index contributed by atoms with van der Waals surface area (Å²) < 4.78 is 6.17. The van der Waals surface area contributed by atoms with Crippen LogP contribution in [0.15, 0.2) is 42.6 Å². The minimum Gasteiger partial charge on any atom is -0.320 e. The summed E-state index contributed by atoms with van der Waals surface area (Å²) in [6, 6.07) is 10.5. The Kier molecular flexibility index (Phi) is 5.60. The van der Waals surface area contributed by atoms with Crippen molar-refractivity contribution in [1.29, 1.82) is 0 Å². The second kappa shape index (κ2) is 6.59. The molecule has 1 aromatic rings. The molecular formula is C17H29NOSi. The average Bonchev–Trinajstić information content (AvgIpc) is 2.32. The molecule has 20 heavy (non-hydrogen) atoms. The Hall–Kier alpha value is -1.06. The molecule has 2 nitrogen and oxygen atoms in total. The van der Waals surface area contributed by atoms with E-state index in [2.05, 4.69) is 89.9 Å². The van der Waals surface area contributed by atoms with E-state index < -0.39 is 8.32 Å². The topological polar surface area (TPSA) is 12.5 Å². The van der Waals surface area contributed by atoms with Gasteiger partial charge in [-0.3, -0.25) is 5.06 Å². The fourth-order valence-corrected chi connectivity index (χ4v) is 2.69. The molecule has 0 aromatic heterocycles. The molecule has 0 bridgehead atoms. The molecule has 0 unspecified atom stereocenters. The number of hydroxylamine groups is 2. The van der Waals surface area contributed by atoms with Crippen LogP contribution in [-0.2, 0) is 4.53 Å². The molecule has 1 atom stereocenters. The molecule has 0 amide bonds. The Labute approximate surface area is 125 Å². The predicted molar refractivity (Wildman–Crippen MR) is 90.0 cm³/mol. The zero-order valence-electron chi connectivity index (χ0n) is 14.0. The lowest BCUT2D eigenvalue weighted by atomic mass is 10.0. The van der Waals surface area contributed by atoms with E-state index in [1.165, 1.54) is 5.56 Å². The van der Waals surface area contributed by atoms with E-state index in [0.29, 0.717) is 5.92 Å². The summed E-state index contributed by atoms with van der Waals surface area (Å²) in [5.74, 6) is 0.381. The van der Waals surface area contributed by atoms with E-state index >= 15 is 0 Å². The standard InChI is InChI=1S/C17H29NOSi/c1-15(16-11-9-8-10-12-16)13-14-18(17(2,3)4)19-20(5,6)7/h8-15H,1-7H3/b14-13+/t15-/m1/s1. The van der Waals surface area contributed by atoms with E-state index in [1.807, 2.05) is 5.06 Å². The van der Waals surface area contributed by atoms with Crippen LogP contribution in [0.2, 0.25) is 19.6 Å². The monoisotopic (exact) mass is 291 g/mol. The number of hydrogen-bond donors (Lipinski definition) is 0. The van der Waals surface area contributed by atoms with Crippen molar-refractivity contribution in [2.75, 3.05) is 0 Å². The molecule has 0 saturated heterocycles. The van der Waals surface area contributed by atoms with Crippen LogP contribution >= 0.6 is 0 Å². The zero-order valence-corrected chi connectivity index (χ0v) is 15.0. The van der Waals surface area contributed by atoms with Gasteiger partial charge in [0.05, 0.1) is 5.54 Å². The Morgan fingerprint density at radius 2 is 1.65 bits per heavy atom. The predicted octanol–water partition coefficient (Wildman–Crippen LogP) is 5.17. The number of rotatable bonds is 5. The molecule has 1 aromatic carbocycles. The molecule has 3 heteroatoms. The summed E-state index contributed by atoms with van der Waals surface area (Å²) >= 11 is 0. The lowest BCUT2D eigenvalue weighted by Crippen LogP contribution is -2.44. The normalized spacial score (nSPS) is 14.6. The maximum atomic E-state index is 6.17. The van der Waals surface area contributed by atoms with Crippen LogP contribution in [0.1, 0.15) is 39.2 Å². The van der Waals surface area contributed by atoms with Gasteiger partial charge in [-0.1, -0.05) is 43.3 Å². The number of benzene rings is 1. The van der Waals surface area contributed by atoms with Gasteiger partial charge in [-0.15, -0.1) is 0 Å². The van der Waals surface area contributed by atoms with E-state index in [0.717, 1.165) is 0 Å². The second-order valence-corrected chi connectivity index (χ2v) is 11.6. The van der Waals surface area contributed by atoms with Crippen LogP contribution in [0.5, 0.6) is 0 Å². The first-order valence-electron chi connectivity index (χ1n) is 7.31. The first kappa shape index (κ1) is 17.0. The van der Waals surface area contributed by atoms with Gasteiger partial charge in [-0.2, -0.15) is 0 Å². The Morgan fingerprint density at radius 1 is 1.10 bits per heavy atom. The quantitative estimate of drug-likeness (QED) is 0.548. The third-order valence-electron chi connectivity index (χ3n) is 2.87. The van der Waals surface area contributed by atoms with Gasteiger partial charge in [-0.05, 0) is 46.0 Å². The van der Waals surface area contributed by atoms with Gasteiger partial charge in [0.1, 0.15) is 0 Å². The highest BCUT2D eigenvalue weighted by molar-refractivity contribution is 6.69. The number of hydrogen-bond acceptors (Lipinski definition) is 2. The lowest BCUT2D eigenvalue weighted by Gasteiger charge is -2.38. The molecule has 0 N–H and O–H groups in total. The molecule has 112 valence electrons. The summed E-state index contributed by atoms with van der Waals surface area (Å²) in [4.78, 5) is 0. The fraction of sp³-hybridized carbons (Fsp3) is 0.529. The van der Waals surface area contributed by atoms with Crippen molar-refractivity contribution in [2.24, 2.45) is 0 Å². The van der Waals surface area contributed by atoms with Crippen LogP contribution in [0, 0.1) is 0 Å². The van der Waals surface area contributed by atoms with E-state index in [1.54, 1.807) is 0 Å². The van der Waals surface area contributed by atoms with Crippen LogP contribution in [-0.4, -0.2) is 18.9 Å².